The van der Waals surface area contributed by atoms with E-state index in [4.69, 9.17) is 27.9 Å². The Morgan fingerprint density at radius 1 is 1.44 bits per heavy atom. The van der Waals surface area contributed by atoms with Gasteiger partial charge >= 0.3 is 6.03 Å². The molecule has 2 atom stereocenters. The standard InChI is InChI=1S/C19H21Cl2FN2O2S/c1-12(15-8-18(22)17(21)9-16(15)20)23-19(25)24(10-13-4-2-6-26-13)11-14-5-3-7-27-14/h3,5,7-9,12-13H,2,4,6,10-11H2,1H3,(H,23,25). The van der Waals surface area contributed by atoms with E-state index in [9.17, 15) is 9.18 Å². The first kappa shape index (κ1) is 20.4. The number of hydrogen-bond donors (Lipinski definition) is 1. The van der Waals surface area contributed by atoms with Crippen LogP contribution in [0.3, 0.4) is 0 Å². The highest BCUT2D eigenvalue weighted by Gasteiger charge is 2.25. The van der Waals surface area contributed by atoms with E-state index < -0.39 is 11.9 Å². The number of benzene rings is 1. The number of thiophene rings is 1. The summed E-state index contributed by atoms with van der Waals surface area (Å²) in [5.74, 6) is -0.563. The number of nitrogens with zero attached hydrogens (tertiary/aromatic N) is 1. The predicted octanol–water partition coefficient (Wildman–Crippen LogP) is 5.65. The van der Waals surface area contributed by atoms with E-state index in [1.54, 1.807) is 23.2 Å². The Kier molecular flexibility index (Phi) is 6.98. The van der Waals surface area contributed by atoms with Crippen molar-refractivity contribution in [3.8, 4) is 0 Å². The molecule has 2 heterocycles. The molecule has 1 N–H and O–H groups in total. The molecular formula is C19H21Cl2FN2O2S. The van der Waals surface area contributed by atoms with Crippen molar-refractivity contribution in [3.05, 3.63) is 55.9 Å². The molecule has 0 radical (unpaired) electrons. The Balaban J connectivity index is 1.71. The van der Waals surface area contributed by atoms with Crippen molar-refractivity contribution in [1.29, 1.82) is 0 Å². The van der Waals surface area contributed by atoms with Gasteiger partial charge < -0.3 is 15.0 Å². The van der Waals surface area contributed by atoms with Gasteiger partial charge in [-0.2, -0.15) is 0 Å². The third-order valence-electron chi connectivity index (χ3n) is 4.51. The molecule has 0 saturated carbocycles. The van der Waals surface area contributed by atoms with Crippen molar-refractivity contribution in [1.82, 2.24) is 10.2 Å². The number of urea groups is 1. The number of ether oxygens (including phenoxy) is 1. The lowest BCUT2D eigenvalue weighted by Crippen LogP contribution is -2.44. The largest absolute Gasteiger partial charge is 0.376 e. The van der Waals surface area contributed by atoms with Crippen LogP contribution in [-0.4, -0.2) is 30.2 Å². The summed E-state index contributed by atoms with van der Waals surface area (Å²) >= 11 is 13.5. The summed E-state index contributed by atoms with van der Waals surface area (Å²) in [7, 11) is 0. The first-order valence-electron chi connectivity index (χ1n) is 8.78. The summed E-state index contributed by atoms with van der Waals surface area (Å²) in [6.45, 7) is 3.51. The molecule has 27 heavy (non-hydrogen) atoms. The van der Waals surface area contributed by atoms with Crippen LogP contribution in [0.4, 0.5) is 9.18 Å². The predicted molar refractivity (Wildman–Crippen MR) is 107 cm³/mol. The maximum atomic E-state index is 13.8. The van der Waals surface area contributed by atoms with Crippen molar-refractivity contribution in [2.45, 2.75) is 38.5 Å². The lowest BCUT2D eigenvalue weighted by Gasteiger charge is -2.27. The minimum atomic E-state index is -0.563. The highest BCUT2D eigenvalue weighted by atomic mass is 35.5. The van der Waals surface area contributed by atoms with Gasteiger partial charge in [0, 0.05) is 23.1 Å². The van der Waals surface area contributed by atoms with Gasteiger partial charge in [0.25, 0.3) is 0 Å². The molecule has 2 unspecified atom stereocenters. The van der Waals surface area contributed by atoms with Crippen LogP contribution in [0.15, 0.2) is 29.6 Å². The van der Waals surface area contributed by atoms with Gasteiger partial charge in [0.1, 0.15) is 5.82 Å². The fraction of sp³-hybridized carbons (Fsp3) is 0.421. The van der Waals surface area contributed by atoms with E-state index in [-0.39, 0.29) is 17.2 Å². The SMILES string of the molecule is CC(NC(=O)N(Cc1cccs1)CC1CCCO1)c1cc(F)c(Cl)cc1Cl. The second kappa shape index (κ2) is 9.24. The minimum absolute atomic E-state index is 0.0417. The summed E-state index contributed by atoms with van der Waals surface area (Å²) in [5, 5.41) is 5.17. The molecule has 2 aromatic rings. The number of halogens is 3. The van der Waals surface area contributed by atoms with Crippen molar-refractivity contribution in [3.63, 3.8) is 0 Å². The van der Waals surface area contributed by atoms with E-state index in [1.807, 2.05) is 17.5 Å². The summed E-state index contributed by atoms with van der Waals surface area (Å²) in [6.07, 6.45) is 2.00. The van der Waals surface area contributed by atoms with Gasteiger partial charge in [0.15, 0.2) is 0 Å². The molecular weight excluding hydrogens is 410 g/mol. The zero-order chi connectivity index (χ0) is 19.4. The Morgan fingerprint density at radius 2 is 2.26 bits per heavy atom. The maximum Gasteiger partial charge on any atom is 0.318 e. The Labute approximate surface area is 172 Å². The average Bonchev–Trinajstić information content (AvgIpc) is 3.31. The molecule has 0 spiro atoms. The summed E-state index contributed by atoms with van der Waals surface area (Å²) in [5.41, 5.74) is 0.486. The molecule has 146 valence electrons. The third-order valence-corrected chi connectivity index (χ3v) is 5.99. The molecule has 1 fully saturated rings. The fourth-order valence-corrected chi connectivity index (χ4v) is 4.33. The number of rotatable bonds is 6. The summed E-state index contributed by atoms with van der Waals surface area (Å²) < 4.78 is 19.5. The van der Waals surface area contributed by atoms with E-state index >= 15 is 0 Å². The summed E-state index contributed by atoms with van der Waals surface area (Å²) in [4.78, 5) is 15.7. The monoisotopic (exact) mass is 430 g/mol. The fourth-order valence-electron chi connectivity index (χ4n) is 3.07. The van der Waals surface area contributed by atoms with Crippen LogP contribution in [0.2, 0.25) is 10.0 Å². The van der Waals surface area contributed by atoms with Gasteiger partial charge in [-0.25, -0.2) is 9.18 Å². The molecule has 1 aliphatic rings. The highest BCUT2D eigenvalue weighted by Crippen LogP contribution is 2.29. The second-order valence-corrected chi connectivity index (χ2v) is 8.40. The van der Waals surface area contributed by atoms with E-state index in [0.29, 0.717) is 23.7 Å². The van der Waals surface area contributed by atoms with Crippen LogP contribution >= 0.6 is 34.5 Å². The maximum absolute atomic E-state index is 13.8. The van der Waals surface area contributed by atoms with E-state index in [0.717, 1.165) is 24.3 Å². The second-order valence-electron chi connectivity index (χ2n) is 6.55. The molecule has 4 nitrogen and oxygen atoms in total. The van der Waals surface area contributed by atoms with Crippen LogP contribution in [0.5, 0.6) is 0 Å². The van der Waals surface area contributed by atoms with Crippen molar-refractivity contribution < 1.29 is 13.9 Å². The van der Waals surface area contributed by atoms with Crippen LogP contribution < -0.4 is 5.32 Å². The van der Waals surface area contributed by atoms with Crippen LogP contribution in [-0.2, 0) is 11.3 Å². The Bertz CT molecular complexity index is 782. The molecule has 3 rings (SSSR count). The lowest BCUT2D eigenvalue weighted by atomic mass is 10.1. The van der Waals surface area contributed by atoms with Gasteiger partial charge in [0.05, 0.1) is 23.7 Å². The number of carbonyl (C=O) groups excluding carboxylic acids is 1. The Morgan fingerprint density at radius 3 is 2.93 bits per heavy atom. The van der Waals surface area contributed by atoms with Crippen LogP contribution in [0.1, 0.15) is 36.2 Å². The molecule has 8 heteroatoms. The van der Waals surface area contributed by atoms with Crippen molar-refractivity contribution in [2.24, 2.45) is 0 Å². The van der Waals surface area contributed by atoms with Crippen LogP contribution in [0.25, 0.3) is 0 Å². The normalized spacial score (nSPS) is 17.7. The molecule has 1 aromatic heterocycles. The molecule has 1 aromatic carbocycles. The first-order valence-corrected chi connectivity index (χ1v) is 10.4. The number of carbonyl (C=O) groups is 1. The molecule has 0 bridgehead atoms. The lowest BCUT2D eigenvalue weighted by molar-refractivity contribution is 0.0792. The van der Waals surface area contributed by atoms with E-state index in [2.05, 4.69) is 5.32 Å². The van der Waals surface area contributed by atoms with Crippen molar-refractivity contribution >= 4 is 40.6 Å². The van der Waals surface area contributed by atoms with Gasteiger partial charge in [-0.3, -0.25) is 0 Å². The van der Waals surface area contributed by atoms with Gasteiger partial charge in [-0.1, -0.05) is 29.3 Å². The van der Waals surface area contributed by atoms with Crippen molar-refractivity contribution in [2.75, 3.05) is 13.2 Å². The zero-order valence-electron chi connectivity index (χ0n) is 14.9. The molecule has 1 saturated heterocycles. The topological polar surface area (TPSA) is 41.6 Å². The summed E-state index contributed by atoms with van der Waals surface area (Å²) in [6, 6.07) is 5.87. The van der Waals surface area contributed by atoms with Gasteiger partial charge in [-0.15, -0.1) is 11.3 Å². The number of amides is 2. The smallest absolute Gasteiger partial charge is 0.318 e. The zero-order valence-corrected chi connectivity index (χ0v) is 17.2. The molecule has 0 aliphatic carbocycles. The average molecular weight is 431 g/mol. The van der Waals surface area contributed by atoms with E-state index in [1.165, 1.54) is 12.1 Å². The molecule has 2 amide bonds. The number of nitrogens with one attached hydrogen (secondary N) is 1. The Hall–Kier alpha value is -1.34. The van der Waals surface area contributed by atoms with Crippen LogP contribution in [0, 0.1) is 5.82 Å². The first-order chi connectivity index (χ1) is 12.9. The quantitative estimate of drug-likeness (QED) is 0.601. The third kappa shape index (κ3) is 5.35. The highest BCUT2D eigenvalue weighted by molar-refractivity contribution is 7.09. The minimum Gasteiger partial charge on any atom is -0.376 e. The number of hydrogen-bond acceptors (Lipinski definition) is 3. The van der Waals surface area contributed by atoms with Gasteiger partial charge in [-0.05, 0) is 48.9 Å². The van der Waals surface area contributed by atoms with Gasteiger partial charge in [0.2, 0.25) is 0 Å². The molecule has 1 aliphatic heterocycles.